The van der Waals surface area contributed by atoms with Crippen LogP contribution in [-0.2, 0) is 27.4 Å². The van der Waals surface area contributed by atoms with Gasteiger partial charge in [-0.15, -0.1) is 0 Å². The van der Waals surface area contributed by atoms with Crippen molar-refractivity contribution in [3.63, 3.8) is 0 Å². The van der Waals surface area contributed by atoms with Gasteiger partial charge in [0.1, 0.15) is 46.9 Å². The Morgan fingerprint density at radius 2 is 1.11 bits per heavy atom. The molecule has 0 aliphatic heterocycles. The summed E-state index contributed by atoms with van der Waals surface area (Å²) in [5.74, 6) is -3.58. The minimum Gasteiger partial charge on any atom is -0.481 e. The number of aliphatic carboxylic acids is 1. The number of hydrogen-bond acceptors (Lipinski definition) is 15. The van der Waals surface area contributed by atoms with Crippen molar-refractivity contribution >= 4 is 23.6 Å². The number of nitrogens with one attached hydrogen (secondary N) is 2. The van der Waals surface area contributed by atoms with Crippen LogP contribution in [0.5, 0.6) is 0 Å². The minimum atomic E-state index is -1.02. The van der Waals surface area contributed by atoms with Crippen LogP contribution < -0.4 is 10.6 Å². The number of rotatable bonds is 16. The molecule has 3 N–H and O–H groups in total. The SMILES string of the molecule is COC(=O)CCNc1nc(-c2cc(-c3ccon3)n(Cc3ccccc3F)n2)ncc1F.O=C(O)CCNc1nc(-c2cc(-c3ccon3)n(Cc3ccccc3F)n2)ncc1F. The van der Waals surface area contributed by atoms with E-state index in [9.17, 15) is 27.2 Å². The first-order valence-corrected chi connectivity index (χ1v) is 18.8. The number of carboxylic acid groups (broad SMARTS) is 1. The monoisotopic (exact) mass is 866 g/mol. The lowest BCUT2D eigenvalue weighted by Crippen LogP contribution is -2.12. The lowest BCUT2D eigenvalue weighted by molar-refractivity contribution is -0.140. The minimum absolute atomic E-state index is 0.00534. The molecule has 0 saturated heterocycles. The Bertz CT molecular complexity index is 2820. The molecule has 22 heteroatoms. The molecule has 6 aromatic heterocycles. The van der Waals surface area contributed by atoms with Gasteiger partial charge >= 0.3 is 11.9 Å². The van der Waals surface area contributed by atoms with Crippen LogP contribution in [0.25, 0.3) is 45.8 Å². The van der Waals surface area contributed by atoms with Crippen molar-refractivity contribution in [3.05, 3.63) is 132 Å². The van der Waals surface area contributed by atoms with Crippen molar-refractivity contribution in [1.29, 1.82) is 0 Å². The second kappa shape index (κ2) is 19.8. The molecule has 0 spiro atoms. The number of nitrogens with zero attached hydrogens (tertiary/aromatic N) is 10. The second-order valence-corrected chi connectivity index (χ2v) is 13.2. The Morgan fingerprint density at radius 3 is 1.52 bits per heavy atom. The van der Waals surface area contributed by atoms with Crippen LogP contribution in [-0.4, -0.2) is 87.1 Å². The van der Waals surface area contributed by atoms with E-state index in [4.69, 9.17) is 14.2 Å². The molecule has 8 aromatic rings. The van der Waals surface area contributed by atoms with Gasteiger partial charge in [0.05, 0.1) is 56.8 Å². The number of hydrogen-bond donors (Lipinski definition) is 3. The highest BCUT2D eigenvalue weighted by Gasteiger charge is 2.20. The Hall–Kier alpha value is -8.30. The molecule has 8 rings (SSSR count). The number of halogens is 4. The molecular formula is C41H34F4N12O6. The average Bonchev–Trinajstić information content (AvgIpc) is 4.12. The summed E-state index contributed by atoms with van der Waals surface area (Å²) in [6.45, 7) is 0.362. The topological polar surface area (TPSA) is 227 Å². The second-order valence-electron chi connectivity index (χ2n) is 13.2. The van der Waals surface area contributed by atoms with Gasteiger partial charge in [-0.25, -0.2) is 37.5 Å². The summed E-state index contributed by atoms with van der Waals surface area (Å²) in [6.07, 6.45) is 4.63. The lowest BCUT2D eigenvalue weighted by atomic mass is 10.2. The number of methoxy groups -OCH3 is 1. The number of carbonyl (C=O) groups excluding carboxylic acids is 1. The molecule has 0 unspecified atom stereocenters. The van der Waals surface area contributed by atoms with Crippen LogP contribution in [0.1, 0.15) is 24.0 Å². The summed E-state index contributed by atoms with van der Waals surface area (Å²) in [7, 11) is 1.27. The number of esters is 1. The number of carboxylic acids is 1. The highest BCUT2D eigenvalue weighted by Crippen LogP contribution is 2.28. The summed E-state index contributed by atoms with van der Waals surface area (Å²) < 4.78 is 74.0. The van der Waals surface area contributed by atoms with Gasteiger partial charge in [0.2, 0.25) is 0 Å². The fourth-order valence-corrected chi connectivity index (χ4v) is 5.87. The van der Waals surface area contributed by atoms with E-state index < -0.39 is 23.6 Å². The van der Waals surface area contributed by atoms with E-state index in [2.05, 4.69) is 55.8 Å². The van der Waals surface area contributed by atoms with Gasteiger partial charge in [-0.3, -0.25) is 19.0 Å². The molecular weight excluding hydrogens is 833 g/mol. The molecule has 0 fully saturated rings. The maximum atomic E-state index is 14.2. The van der Waals surface area contributed by atoms with E-state index in [1.54, 1.807) is 65.3 Å². The highest BCUT2D eigenvalue weighted by molar-refractivity contribution is 5.70. The van der Waals surface area contributed by atoms with E-state index in [0.29, 0.717) is 45.3 Å². The van der Waals surface area contributed by atoms with E-state index >= 15 is 0 Å². The van der Waals surface area contributed by atoms with Crippen molar-refractivity contribution in [2.45, 2.75) is 25.9 Å². The Labute approximate surface area is 353 Å². The van der Waals surface area contributed by atoms with Gasteiger partial charge in [-0.1, -0.05) is 46.7 Å². The largest absolute Gasteiger partial charge is 0.481 e. The Morgan fingerprint density at radius 1 is 0.651 bits per heavy atom. The summed E-state index contributed by atoms with van der Waals surface area (Å²) in [5, 5.41) is 30.9. The number of benzene rings is 2. The fraction of sp³-hybridized carbons (Fsp3) is 0.171. The van der Waals surface area contributed by atoms with E-state index in [1.165, 1.54) is 36.5 Å². The van der Waals surface area contributed by atoms with Crippen molar-refractivity contribution in [2.24, 2.45) is 0 Å². The summed E-state index contributed by atoms with van der Waals surface area (Å²) >= 11 is 0. The molecule has 0 bridgehead atoms. The zero-order valence-electron chi connectivity index (χ0n) is 33.0. The first kappa shape index (κ1) is 42.8. The third kappa shape index (κ3) is 10.7. The quantitative estimate of drug-likeness (QED) is 0.0695. The molecule has 2 aromatic carbocycles. The summed E-state index contributed by atoms with van der Waals surface area (Å²) in [5.41, 5.74) is 3.50. The van der Waals surface area contributed by atoms with E-state index in [1.807, 2.05) is 0 Å². The third-order valence-corrected chi connectivity index (χ3v) is 8.94. The van der Waals surface area contributed by atoms with E-state index in [-0.39, 0.29) is 73.9 Å². The zero-order chi connectivity index (χ0) is 44.3. The van der Waals surface area contributed by atoms with Gasteiger partial charge in [-0.2, -0.15) is 10.2 Å². The zero-order valence-corrected chi connectivity index (χ0v) is 33.0. The number of anilines is 2. The van der Waals surface area contributed by atoms with Gasteiger partial charge < -0.3 is 29.5 Å². The summed E-state index contributed by atoms with van der Waals surface area (Å²) in [4.78, 5) is 38.2. The molecule has 0 saturated carbocycles. The number of aromatic nitrogens is 10. The number of carbonyl (C=O) groups is 2. The normalized spacial score (nSPS) is 10.9. The van der Waals surface area contributed by atoms with Crippen molar-refractivity contribution < 1.29 is 46.0 Å². The van der Waals surface area contributed by atoms with Gasteiger partial charge in [0.15, 0.2) is 34.9 Å². The molecule has 18 nitrogen and oxygen atoms in total. The number of ether oxygens (including phenoxy) is 1. The van der Waals surface area contributed by atoms with Crippen molar-refractivity contribution in [3.8, 4) is 45.8 Å². The standard InChI is InChI=1S/C21H18F2N6O3.C20H16F2N6O3/c1-31-19(30)6-8-24-20-15(23)11-25-21(26-20)17-10-18(16-7-9-32-28-16)29(27-17)12-13-4-2-3-5-14(13)22;21-13-4-2-1-3-12(13)11-28-17(15-6-8-31-27-15)9-16(26-28)20-24-10-14(22)19(25-20)23-7-5-18(29)30/h2-5,7,9-11H,6,8,12H2,1H3,(H,24,25,26);1-4,6,8-10H,5,7,11H2,(H,29,30)(H,23,24,25). The molecule has 0 aliphatic carbocycles. The van der Waals surface area contributed by atoms with Crippen molar-refractivity contribution in [1.82, 2.24) is 49.8 Å². The maximum Gasteiger partial charge on any atom is 0.307 e. The maximum absolute atomic E-state index is 14.2. The predicted octanol–water partition coefficient (Wildman–Crippen LogP) is 6.50. The molecule has 6 heterocycles. The van der Waals surface area contributed by atoms with Crippen LogP contribution in [0, 0.1) is 23.3 Å². The Kier molecular flexibility index (Phi) is 13.5. The molecule has 0 amide bonds. The first-order valence-electron chi connectivity index (χ1n) is 18.8. The molecule has 63 heavy (non-hydrogen) atoms. The first-order chi connectivity index (χ1) is 30.6. The predicted molar refractivity (Wildman–Crippen MR) is 214 cm³/mol. The van der Waals surface area contributed by atoms with Crippen LogP contribution in [0.2, 0.25) is 0 Å². The van der Waals surface area contributed by atoms with Gasteiger partial charge in [0.25, 0.3) is 0 Å². The van der Waals surface area contributed by atoms with Crippen LogP contribution >= 0.6 is 0 Å². The highest BCUT2D eigenvalue weighted by atomic mass is 19.1. The van der Waals surface area contributed by atoms with Crippen LogP contribution in [0.15, 0.2) is 107 Å². The van der Waals surface area contributed by atoms with Gasteiger partial charge in [0, 0.05) is 36.3 Å². The van der Waals surface area contributed by atoms with Gasteiger partial charge in [-0.05, 0) is 24.3 Å². The molecule has 0 aliphatic rings. The fourth-order valence-electron chi connectivity index (χ4n) is 5.87. The van der Waals surface area contributed by atoms with Crippen molar-refractivity contribution in [2.75, 3.05) is 30.8 Å². The molecule has 322 valence electrons. The average molecular weight is 867 g/mol. The summed E-state index contributed by atoms with van der Waals surface area (Å²) in [6, 6.07) is 19.2. The Balaban J connectivity index is 0.000000189. The third-order valence-electron chi connectivity index (χ3n) is 8.94. The lowest BCUT2D eigenvalue weighted by Gasteiger charge is -2.07. The molecule has 0 radical (unpaired) electrons. The van der Waals surface area contributed by atoms with Crippen LogP contribution in [0.3, 0.4) is 0 Å². The molecule has 0 atom stereocenters. The smallest absolute Gasteiger partial charge is 0.307 e. The van der Waals surface area contributed by atoms with Crippen LogP contribution in [0.4, 0.5) is 29.2 Å². The van der Waals surface area contributed by atoms with E-state index in [0.717, 1.165) is 12.4 Å².